The first-order valence-electron chi connectivity index (χ1n) is 4.66. The highest BCUT2D eigenvalue weighted by molar-refractivity contribution is 6.06. The average Bonchev–Trinajstić information content (AvgIpc) is 2.45. The summed E-state index contributed by atoms with van der Waals surface area (Å²) in [6.45, 7) is 1.53. The van der Waals surface area contributed by atoms with Gasteiger partial charge in [0.2, 0.25) is 11.8 Å². The fourth-order valence-electron chi connectivity index (χ4n) is 1.58. The van der Waals surface area contributed by atoms with E-state index in [1.165, 1.54) is 7.11 Å². The van der Waals surface area contributed by atoms with Gasteiger partial charge in [0.15, 0.2) is 0 Å². The van der Waals surface area contributed by atoms with Crippen LogP contribution in [0.15, 0.2) is 0 Å². The quantitative estimate of drug-likeness (QED) is 0.475. The molecule has 0 saturated carbocycles. The molecule has 0 bridgehead atoms. The zero-order valence-corrected chi connectivity index (χ0v) is 8.73. The van der Waals surface area contributed by atoms with E-state index in [0.29, 0.717) is 0 Å². The van der Waals surface area contributed by atoms with E-state index in [2.05, 4.69) is 4.74 Å². The summed E-state index contributed by atoms with van der Waals surface area (Å²) in [5.41, 5.74) is 5.35. The molecule has 84 valence electrons. The molecule has 1 saturated heterocycles. The molecule has 2 amide bonds. The van der Waals surface area contributed by atoms with Crippen LogP contribution in [0.1, 0.15) is 13.3 Å². The standard InChI is InChI=1S/C9H14N2O4/c1-5-3-7(12)11(8(5)13)6(4-10)9(14)15-2/h5-6H,3-4,10H2,1-2H3. The number of rotatable bonds is 3. The summed E-state index contributed by atoms with van der Waals surface area (Å²) in [5.74, 6) is -1.77. The topological polar surface area (TPSA) is 89.7 Å². The van der Waals surface area contributed by atoms with Crippen LogP contribution in [0.5, 0.6) is 0 Å². The van der Waals surface area contributed by atoms with E-state index in [4.69, 9.17) is 5.73 Å². The van der Waals surface area contributed by atoms with Gasteiger partial charge in [-0.25, -0.2) is 4.79 Å². The van der Waals surface area contributed by atoms with Gasteiger partial charge in [0.25, 0.3) is 0 Å². The average molecular weight is 214 g/mol. The van der Waals surface area contributed by atoms with Gasteiger partial charge in [-0.05, 0) is 0 Å². The molecule has 0 radical (unpaired) electrons. The SMILES string of the molecule is COC(=O)C(CN)N1C(=O)CC(C)C1=O. The Bertz CT molecular complexity index is 302. The molecule has 1 aliphatic heterocycles. The summed E-state index contributed by atoms with van der Waals surface area (Å²) < 4.78 is 4.48. The Balaban J connectivity index is 2.89. The maximum absolute atomic E-state index is 11.6. The third kappa shape index (κ3) is 1.99. The van der Waals surface area contributed by atoms with E-state index in [1.54, 1.807) is 6.92 Å². The molecular weight excluding hydrogens is 200 g/mol. The van der Waals surface area contributed by atoms with Crippen molar-refractivity contribution >= 4 is 17.8 Å². The van der Waals surface area contributed by atoms with E-state index in [1.807, 2.05) is 0 Å². The van der Waals surface area contributed by atoms with Gasteiger partial charge < -0.3 is 10.5 Å². The second-order valence-electron chi connectivity index (χ2n) is 3.48. The highest BCUT2D eigenvalue weighted by Gasteiger charge is 2.42. The summed E-state index contributed by atoms with van der Waals surface area (Å²) in [6.07, 6.45) is 0.131. The number of ether oxygens (including phenoxy) is 1. The van der Waals surface area contributed by atoms with E-state index in [9.17, 15) is 14.4 Å². The number of imide groups is 1. The van der Waals surface area contributed by atoms with Gasteiger partial charge in [-0.3, -0.25) is 14.5 Å². The second-order valence-corrected chi connectivity index (χ2v) is 3.48. The van der Waals surface area contributed by atoms with E-state index < -0.39 is 12.0 Å². The van der Waals surface area contributed by atoms with Gasteiger partial charge in [-0.15, -0.1) is 0 Å². The molecule has 0 aromatic heterocycles. The van der Waals surface area contributed by atoms with Gasteiger partial charge >= 0.3 is 5.97 Å². The van der Waals surface area contributed by atoms with Crippen LogP contribution < -0.4 is 5.73 Å². The Hall–Kier alpha value is -1.43. The minimum Gasteiger partial charge on any atom is -0.467 e. The lowest BCUT2D eigenvalue weighted by Crippen LogP contribution is -2.49. The van der Waals surface area contributed by atoms with Crippen molar-refractivity contribution in [2.75, 3.05) is 13.7 Å². The molecule has 6 heteroatoms. The monoisotopic (exact) mass is 214 g/mol. The Labute approximate surface area is 87.4 Å². The smallest absolute Gasteiger partial charge is 0.330 e. The zero-order valence-electron chi connectivity index (χ0n) is 8.73. The molecule has 2 unspecified atom stereocenters. The summed E-state index contributed by atoms with van der Waals surface area (Å²) >= 11 is 0. The third-order valence-corrected chi connectivity index (χ3v) is 2.42. The summed E-state index contributed by atoms with van der Waals surface area (Å²) in [7, 11) is 1.19. The third-order valence-electron chi connectivity index (χ3n) is 2.42. The number of hydrogen-bond acceptors (Lipinski definition) is 5. The van der Waals surface area contributed by atoms with Crippen LogP contribution >= 0.6 is 0 Å². The molecule has 0 aromatic carbocycles. The van der Waals surface area contributed by atoms with Crippen LogP contribution in [-0.2, 0) is 19.1 Å². The predicted octanol–water partition coefficient (Wildman–Crippen LogP) is -1.12. The molecule has 1 aliphatic rings. The van der Waals surface area contributed by atoms with Crippen LogP contribution in [0.3, 0.4) is 0 Å². The highest BCUT2D eigenvalue weighted by Crippen LogP contribution is 2.21. The van der Waals surface area contributed by atoms with Crippen molar-refractivity contribution in [3.63, 3.8) is 0 Å². The molecule has 0 spiro atoms. The summed E-state index contributed by atoms with van der Waals surface area (Å²) in [4.78, 5) is 35.2. The van der Waals surface area contributed by atoms with Gasteiger partial charge in [0.05, 0.1) is 7.11 Å². The molecule has 2 atom stereocenters. The molecule has 0 aliphatic carbocycles. The van der Waals surface area contributed by atoms with Crippen LogP contribution in [0.2, 0.25) is 0 Å². The Kier molecular flexibility index (Phi) is 3.41. The van der Waals surface area contributed by atoms with Gasteiger partial charge in [-0.1, -0.05) is 6.92 Å². The zero-order chi connectivity index (χ0) is 11.6. The minimum atomic E-state index is -0.986. The van der Waals surface area contributed by atoms with Crippen LogP contribution in [0.25, 0.3) is 0 Å². The van der Waals surface area contributed by atoms with Gasteiger partial charge in [0, 0.05) is 18.9 Å². The largest absolute Gasteiger partial charge is 0.467 e. The number of nitrogens with zero attached hydrogens (tertiary/aromatic N) is 1. The lowest BCUT2D eigenvalue weighted by atomic mass is 10.1. The first kappa shape index (κ1) is 11.6. The number of nitrogens with two attached hydrogens (primary N) is 1. The lowest BCUT2D eigenvalue weighted by Gasteiger charge is -2.22. The number of hydrogen-bond donors (Lipinski definition) is 1. The molecule has 6 nitrogen and oxygen atoms in total. The van der Waals surface area contributed by atoms with Crippen molar-refractivity contribution in [1.82, 2.24) is 4.90 Å². The van der Waals surface area contributed by atoms with Crippen molar-refractivity contribution < 1.29 is 19.1 Å². The van der Waals surface area contributed by atoms with E-state index >= 15 is 0 Å². The van der Waals surface area contributed by atoms with Crippen LogP contribution in [0.4, 0.5) is 0 Å². The Morgan fingerprint density at radius 3 is 2.60 bits per heavy atom. The van der Waals surface area contributed by atoms with Crippen molar-refractivity contribution in [3.8, 4) is 0 Å². The van der Waals surface area contributed by atoms with Gasteiger partial charge in [0.1, 0.15) is 6.04 Å². The maximum atomic E-state index is 11.6. The van der Waals surface area contributed by atoms with Gasteiger partial charge in [-0.2, -0.15) is 0 Å². The first-order chi connectivity index (χ1) is 7.02. The lowest BCUT2D eigenvalue weighted by molar-refractivity contribution is -0.156. The van der Waals surface area contributed by atoms with E-state index in [0.717, 1.165) is 4.90 Å². The number of likely N-dealkylation sites (tertiary alicyclic amines) is 1. The maximum Gasteiger partial charge on any atom is 0.330 e. The van der Waals surface area contributed by atoms with Crippen molar-refractivity contribution in [2.45, 2.75) is 19.4 Å². The Morgan fingerprint density at radius 2 is 2.27 bits per heavy atom. The molecule has 1 rings (SSSR count). The van der Waals surface area contributed by atoms with Crippen LogP contribution in [-0.4, -0.2) is 42.4 Å². The molecule has 15 heavy (non-hydrogen) atoms. The van der Waals surface area contributed by atoms with E-state index in [-0.39, 0.29) is 30.7 Å². The summed E-state index contributed by atoms with van der Waals surface area (Å²) in [5, 5.41) is 0. The highest BCUT2D eigenvalue weighted by atomic mass is 16.5. The molecule has 1 heterocycles. The molecule has 2 N–H and O–H groups in total. The number of esters is 1. The second kappa shape index (κ2) is 4.39. The normalized spacial score (nSPS) is 23.1. The van der Waals surface area contributed by atoms with Crippen molar-refractivity contribution in [2.24, 2.45) is 11.7 Å². The van der Waals surface area contributed by atoms with Crippen molar-refractivity contribution in [3.05, 3.63) is 0 Å². The summed E-state index contributed by atoms with van der Waals surface area (Å²) in [6, 6.07) is -0.986. The Morgan fingerprint density at radius 1 is 1.67 bits per heavy atom. The fraction of sp³-hybridized carbons (Fsp3) is 0.667. The number of amides is 2. The molecule has 0 aromatic rings. The molecular formula is C9H14N2O4. The fourth-order valence-corrected chi connectivity index (χ4v) is 1.58. The number of carbonyl (C=O) groups excluding carboxylic acids is 3. The number of methoxy groups -OCH3 is 1. The minimum absolute atomic E-state index is 0.114. The predicted molar refractivity (Wildman–Crippen MR) is 50.5 cm³/mol. The van der Waals surface area contributed by atoms with Crippen molar-refractivity contribution in [1.29, 1.82) is 0 Å². The molecule has 1 fully saturated rings. The number of carbonyl (C=O) groups is 3. The van der Waals surface area contributed by atoms with Crippen LogP contribution in [0, 0.1) is 5.92 Å². The first-order valence-corrected chi connectivity index (χ1v) is 4.66.